The summed E-state index contributed by atoms with van der Waals surface area (Å²) in [7, 11) is 0. The van der Waals surface area contributed by atoms with Crippen molar-refractivity contribution in [2.45, 2.75) is 11.3 Å². The summed E-state index contributed by atoms with van der Waals surface area (Å²) in [5.74, 6) is 3.02. The second kappa shape index (κ2) is 14.7. The predicted molar refractivity (Wildman–Crippen MR) is 252 cm³/mol. The van der Waals surface area contributed by atoms with Crippen LogP contribution in [-0.2, 0) is 5.41 Å². The maximum Gasteiger partial charge on any atom is 0.160 e. The first-order chi connectivity index (χ1) is 30.7. The molecule has 0 amide bonds. The van der Waals surface area contributed by atoms with Crippen molar-refractivity contribution in [2.24, 2.45) is 5.92 Å². The molecule has 1 spiro atoms. The van der Waals surface area contributed by atoms with Gasteiger partial charge in [-0.25, -0.2) is 9.97 Å². The Kier molecular flexibility index (Phi) is 8.53. The van der Waals surface area contributed by atoms with Crippen LogP contribution in [0.5, 0.6) is 11.5 Å². The number of benzene rings is 8. The lowest BCUT2D eigenvalue weighted by Crippen LogP contribution is -2.37. The standard InChI is InChI=1S/C59H40N2O/c1-3-14-39(15-4-1)41-26-30-43(31-27-41)54-38-55(61-58(60-54)44-32-28-42(29-33-44)40-16-5-2-6-17-40)47-19-13-18-45(36-47)46-34-35-53-57(37-46)62-56-25-12-11-24-52(56)59(53)50-22-9-7-20-48(50)49-21-8-10-23-51(49)59/h1-38,48,50H. The van der Waals surface area contributed by atoms with Crippen LogP contribution < -0.4 is 4.74 Å². The quantitative estimate of drug-likeness (QED) is 0.168. The fourth-order valence-corrected chi connectivity index (χ4v) is 10.2. The third-order valence-corrected chi connectivity index (χ3v) is 13.1. The third-order valence-electron chi connectivity index (χ3n) is 13.1. The maximum absolute atomic E-state index is 6.88. The molecule has 9 aromatic rings. The first-order valence-electron chi connectivity index (χ1n) is 21.4. The first kappa shape index (κ1) is 36.0. The van der Waals surface area contributed by atoms with Crippen LogP contribution in [0.4, 0.5) is 0 Å². The summed E-state index contributed by atoms with van der Waals surface area (Å²) in [6.45, 7) is 0. The van der Waals surface area contributed by atoms with Crippen molar-refractivity contribution in [2.75, 3.05) is 0 Å². The van der Waals surface area contributed by atoms with E-state index in [1.165, 1.54) is 38.9 Å². The van der Waals surface area contributed by atoms with E-state index in [2.05, 4.69) is 218 Å². The summed E-state index contributed by atoms with van der Waals surface area (Å²) in [4.78, 5) is 10.5. The molecule has 0 radical (unpaired) electrons. The number of para-hydroxylation sites is 1. The number of nitrogens with zero attached hydrogens (tertiary/aromatic N) is 2. The van der Waals surface area contributed by atoms with Crippen LogP contribution in [0.1, 0.15) is 28.2 Å². The zero-order chi connectivity index (χ0) is 41.0. The van der Waals surface area contributed by atoms with E-state index >= 15 is 0 Å². The molecule has 3 aliphatic rings. The minimum Gasteiger partial charge on any atom is -0.457 e. The van der Waals surface area contributed by atoms with Gasteiger partial charge in [-0.05, 0) is 68.8 Å². The number of hydrogen-bond donors (Lipinski definition) is 0. The number of hydrogen-bond acceptors (Lipinski definition) is 3. The van der Waals surface area contributed by atoms with Crippen molar-refractivity contribution in [3.63, 3.8) is 0 Å². The molecule has 292 valence electrons. The van der Waals surface area contributed by atoms with Crippen molar-refractivity contribution in [1.29, 1.82) is 0 Å². The predicted octanol–water partition coefficient (Wildman–Crippen LogP) is 14.8. The Bertz CT molecular complexity index is 3100. The van der Waals surface area contributed by atoms with Gasteiger partial charge in [-0.3, -0.25) is 0 Å². The third kappa shape index (κ3) is 5.89. The molecule has 0 bridgehead atoms. The smallest absolute Gasteiger partial charge is 0.160 e. The van der Waals surface area contributed by atoms with E-state index in [0.29, 0.717) is 5.82 Å². The molecular weight excluding hydrogens is 753 g/mol. The average molecular weight is 793 g/mol. The molecule has 1 aromatic heterocycles. The molecule has 3 heteroatoms. The largest absolute Gasteiger partial charge is 0.457 e. The van der Waals surface area contributed by atoms with Crippen LogP contribution in [0, 0.1) is 5.92 Å². The van der Waals surface area contributed by atoms with Gasteiger partial charge in [-0.2, -0.15) is 0 Å². The normalized spacial score (nSPS) is 17.7. The molecule has 1 aliphatic heterocycles. The van der Waals surface area contributed by atoms with E-state index in [-0.39, 0.29) is 17.3 Å². The molecule has 0 N–H and O–H groups in total. The van der Waals surface area contributed by atoms with Crippen LogP contribution in [0.25, 0.3) is 67.3 Å². The summed E-state index contributed by atoms with van der Waals surface area (Å²) >= 11 is 0. The molecule has 0 saturated heterocycles. The Morgan fingerprint density at radius 3 is 1.61 bits per heavy atom. The Hall–Kier alpha value is -7.88. The van der Waals surface area contributed by atoms with Gasteiger partial charge < -0.3 is 4.74 Å². The van der Waals surface area contributed by atoms with Crippen LogP contribution >= 0.6 is 0 Å². The Morgan fingerprint density at radius 1 is 0.355 bits per heavy atom. The molecule has 0 fully saturated rings. The van der Waals surface area contributed by atoms with Crippen LogP contribution in [0.3, 0.4) is 0 Å². The van der Waals surface area contributed by atoms with E-state index < -0.39 is 0 Å². The average Bonchev–Trinajstić information content (AvgIpc) is 3.65. The van der Waals surface area contributed by atoms with Gasteiger partial charge in [0, 0.05) is 39.7 Å². The zero-order valence-electron chi connectivity index (χ0n) is 33.9. The van der Waals surface area contributed by atoms with Crippen molar-refractivity contribution in [3.8, 4) is 78.8 Å². The molecule has 2 aliphatic carbocycles. The Labute approximate surface area is 362 Å². The molecule has 62 heavy (non-hydrogen) atoms. The molecule has 3 atom stereocenters. The van der Waals surface area contributed by atoms with Gasteiger partial charge >= 0.3 is 0 Å². The van der Waals surface area contributed by atoms with Gasteiger partial charge in [-0.1, -0.05) is 206 Å². The molecular formula is C59H40N2O. The second-order valence-electron chi connectivity index (χ2n) is 16.5. The van der Waals surface area contributed by atoms with Gasteiger partial charge in [-0.15, -0.1) is 0 Å². The lowest BCUT2D eigenvalue weighted by atomic mass is 9.62. The lowest BCUT2D eigenvalue weighted by Gasteiger charge is -2.43. The van der Waals surface area contributed by atoms with E-state index in [1.54, 1.807) is 0 Å². The minimum atomic E-state index is -0.376. The summed E-state index contributed by atoms with van der Waals surface area (Å²) in [6.07, 6.45) is 9.20. The second-order valence-corrected chi connectivity index (χ2v) is 16.5. The number of ether oxygens (including phenoxy) is 1. The number of allylic oxidation sites excluding steroid dienone is 4. The van der Waals surface area contributed by atoms with Crippen LogP contribution in [-0.4, -0.2) is 9.97 Å². The summed E-state index contributed by atoms with van der Waals surface area (Å²) < 4.78 is 6.88. The molecule has 0 saturated carbocycles. The summed E-state index contributed by atoms with van der Waals surface area (Å²) in [5, 5.41) is 0. The van der Waals surface area contributed by atoms with Crippen molar-refractivity contribution < 1.29 is 4.74 Å². The van der Waals surface area contributed by atoms with Crippen molar-refractivity contribution >= 4 is 0 Å². The Morgan fingerprint density at radius 2 is 0.871 bits per heavy atom. The monoisotopic (exact) mass is 792 g/mol. The van der Waals surface area contributed by atoms with E-state index in [4.69, 9.17) is 14.7 Å². The number of rotatable bonds is 6. The molecule has 3 unspecified atom stereocenters. The number of aromatic nitrogens is 2. The van der Waals surface area contributed by atoms with Gasteiger partial charge in [0.15, 0.2) is 5.82 Å². The van der Waals surface area contributed by atoms with Crippen molar-refractivity contribution in [1.82, 2.24) is 9.97 Å². The topological polar surface area (TPSA) is 35.0 Å². The van der Waals surface area contributed by atoms with Gasteiger partial charge in [0.25, 0.3) is 0 Å². The highest BCUT2D eigenvalue weighted by molar-refractivity contribution is 5.79. The highest BCUT2D eigenvalue weighted by Crippen LogP contribution is 2.64. The highest BCUT2D eigenvalue weighted by Gasteiger charge is 2.56. The summed E-state index contributed by atoms with van der Waals surface area (Å²) in [5.41, 5.74) is 16.4. The summed E-state index contributed by atoms with van der Waals surface area (Å²) in [6, 6.07) is 73.5. The van der Waals surface area contributed by atoms with Gasteiger partial charge in [0.05, 0.1) is 16.8 Å². The van der Waals surface area contributed by atoms with Crippen molar-refractivity contribution in [3.05, 3.63) is 253 Å². The minimum absolute atomic E-state index is 0.230. The van der Waals surface area contributed by atoms with Crippen LogP contribution in [0.2, 0.25) is 0 Å². The van der Waals surface area contributed by atoms with E-state index in [9.17, 15) is 0 Å². The molecule has 2 heterocycles. The van der Waals surface area contributed by atoms with Crippen LogP contribution in [0.15, 0.2) is 231 Å². The Balaban J connectivity index is 0.958. The maximum atomic E-state index is 6.88. The van der Waals surface area contributed by atoms with Gasteiger partial charge in [0.2, 0.25) is 0 Å². The van der Waals surface area contributed by atoms with E-state index in [0.717, 1.165) is 56.3 Å². The molecule has 8 aromatic carbocycles. The molecule has 12 rings (SSSR count). The van der Waals surface area contributed by atoms with E-state index in [1.807, 2.05) is 12.1 Å². The molecule has 3 nitrogen and oxygen atoms in total. The fourth-order valence-electron chi connectivity index (χ4n) is 10.2. The SMILES string of the molecule is C1=CC2c3ccccc3C3(c4ccccc4Oc4cc(-c5cccc(-c6cc(-c7ccc(-c8ccccc8)cc7)nc(-c7ccc(-c8ccccc8)cc7)n6)c5)ccc43)C2C=C1. The zero-order valence-corrected chi connectivity index (χ0v) is 33.9. The highest BCUT2D eigenvalue weighted by atomic mass is 16.5. The number of fused-ring (bicyclic) bond motifs is 9. The first-order valence-corrected chi connectivity index (χ1v) is 21.4. The lowest BCUT2D eigenvalue weighted by molar-refractivity contribution is 0.374. The van der Waals surface area contributed by atoms with Gasteiger partial charge in [0.1, 0.15) is 11.5 Å². The fraction of sp³-hybridized carbons (Fsp3) is 0.0508.